The Bertz CT molecular complexity index is 518. The van der Waals surface area contributed by atoms with E-state index in [1.54, 1.807) is 0 Å². The average molecular weight is 279 g/mol. The van der Waals surface area contributed by atoms with E-state index < -0.39 is 0 Å². The summed E-state index contributed by atoms with van der Waals surface area (Å²) in [5, 5.41) is 2.84. The Kier molecular flexibility index (Phi) is 4.57. The van der Waals surface area contributed by atoms with E-state index in [2.05, 4.69) is 29.0 Å². The maximum atomic E-state index is 12.0. The largest absolute Gasteiger partial charge is 0.379 e. The van der Waals surface area contributed by atoms with Crippen LogP contribution in [0.4, 0.5) is 0 Å². The number of aromatic amines is 1. The van der Waals surface area contributed by atoms with Crippen molar-refractivity contribution in [2.45, 2.75) is 19.4 Å². The minimum absolute atomic E-state index is 0.144. The van der Waals surface area contributed by atoms with Crippen molar-refractivity contribution in [2.75, 3.05) is 32.8 Å². The smallest absolute Gasteiger partial charge is 0.256 e. The fourth-order valence-electron chi connectivity index (χ4n) is 2.27. The first-order valence-electron chi connectivity index (χ1n) is 6.79. The Morgan fingerprint density at radius 1 is 1.45 bits per heavy atom. The molecular formula is C14H21N3O3. The molecule has 20 heavy (non-hydrogen) atoms. The van der Waals surface area contributed by atoms with Crippen molar-refractivity contribution >= 4 is 5.91 Å². The van der Waals surface area contributed by atoms with Crippen LogP contribution < -0.4 is 10.7 Å². The molecule has 2 rings (SSSR count). The molecule has 0 unspecified atom stereocenters. The van der Waals surface area contributed by atoms with Gasteiger partial charge in [-0.3, -0.25) is 14.5 Å². The Labute approximate surface area is 118 Å². The molecular weight excluding hydrogens is 258 g/mol. The summed E-state index contributed by atoms with van der Waals surface area (Å²) in [5.74, 6) is -0.340. The quantitative estimate of drug-likeness (QED) is 0.826. The van der Waals surface area contributed by atoms with E-state index in [4.69, 9.17) is 4.74 Å². The molecule has 2 heterocycles. The molecule has 1 aromatic rings. The van der Waals surface area contributed by atoms with Gasteiger partial charge in [-0.05, 0) is 13.8 Å². The van der Waals surface area contributed by atoms with Crippen molar-refractivity contribution in [1.82, 2.24) is 15.2 Å². The molecule has 6 nitrogen and oxygen atoms in total. The average Bonchev–Trinajstić information content (AvgIpc) is 2.46. The first-order valence-corrected chi connectivity index (χ1v) is 6.79. The van der Waals surface area contributed by atoms with Crippen LogP contribution >= 0.6 is 0 Å². The number of hydrogen-bond donors (Lipinski definition) is 2. The third kappa shape index (κ3) is 3.46. The molecule has 1 aliphatic rings. The molecule has 1 aromatic heterocycles. The zero-order valence-corrected chi connectivity index (χ0v) is 11.9. The van der Waals surface area contributed by atoms with Gasteiger partial charge in [0.05, 0.1) is 13.2 Å². The summed E-state index contributed by atoms with van der Waals surface area (Å²) in [6, 6.07) is 1.35. The highest BCUT2D eigenvalue weighted by Crippen LogP contribution is 2.15. The molecule has 6 heteroatoms. The van der Waals surface area contributed by atoms with E-state index >= 15 is 0 Å². The standard InChI is InChI=1S/C14H21N3O3/c1-14(2,17-5-7-20-8-6-17)10-16-13(19)11-9-15-4-3-12(11)18/h3-4,9H,5-8,10H2,1-2H3,(H,15,18)(H,16,19). The van der Waals surface area contributed by atoms with Crippen LogP contribution in [0.3, 0.4) is 0 Å². The van der Waals surface area contributed by atoms with Gasteiger partial charge in [0.15, 0.2) is 5.43 Å². The van der Waals surface area contributed by atoms with Gasteiger partial charge in [0.1, 0.15) is 5.56 Å². The Hall–Kier alpha value is -1.66. The Morgan fingerprint density at radius 2 is 2.15 bits per heavy atom. The lowest BCUT2D eigenvalue weighted by molar-refractivity contribution is -0.00923. The number of nitrogens with one attached hydrogen (secondary N) is 2. The topological polar surface area (TPSA) is 74.4 Å². The summed E-state index contributed by atoms with van der Waals surface area (Å²) in [4.78, 5) is 28.6. The predicted molar refractivity (Wildman–Crippen MR) is 75.9 cm³/mol. The number of carbonyl (C=O) groups is 1. The molecule has 1 fully saturated rings. The van der Waals surface area contributed by atoms with E-state index in [0.29, 0.717) is 6.54 Å². The highest BCUT2D eigenvalue weighted by molar-refractivity contribution is 5.93. The molecule has 1 amide bonds. The predicted octanol–water partition coefficient (Wildman–Crippen LogP) is 0.216. The summed E-state index contributed by atoms with van der Waals surface area (Å²) in [5.41, 5.74) is -0.295. The van der Waals surface area contributed by atoms with Gasteiger partial charge in [-0.2, -0.15) is 0 Å². The number of pyridine rings is 1. The van der Waals surface area contributed by atoms with Crippen LogP contribution in [0.25, 0.3) is 0 Å². The van der Waals surface area contributed by atoms with Crippen molar-refractivity contribution in [3.8, 4) is 0 Å². The number of hydrogen-bond acceptors (Lipinski definition) is 4. The highest BCUT2D eigenvalue weighted by Gasteiger charge is 2.28. The van der Waals surface area contributed by atoms with E-state index in [9.17, 15) is 9.59 Å². The second kappa shape index (κ2) is 6.19. The normalized spacial score (nSPS) is 16.9. The maximum Gasteiger partial charge on any atom is 0.256 e. The van der Waals surface area contributed by atoms with Crippen molar-refractivity contribution in [1.29, 1.82) is 0 Å². The molecule has 110 valence electrons. The summed E-state index contributed by atoms with van der Waals surface area (Å²) < 4.78 is 5.33. The van der Waals surface area contributed by atoms with E-state index in [0.717, 1.165) is 26.3 Å². The number of carbonyl (C=O) groups excluding carboxylic acids is 1. The van der Waals surface area contributed by atoms with Gasteiger partial charge in [0.2, 0.25) is 0 Å². The van der Waals surface area contributed by atoms with E-state index in [1.807, 2.05) is 0 Å². The summed E-state index contributed by atoms with van der Waals surface area (Å²) in [6.45, 7) is 7.79. The number of morpholine rings is 1. The Morgan fingerprint density at radius 3 is 2.80 bits per heavy atom. The first kappa shape index (κ1) is 14.7. The van der Waals surface area contributed by atoms with Crippen molar-refractivity contribution in [2.24, 2.45) is 0 Å². The van der Waals surface area contributed by atoms with E-state index in [-0.39, 0.29) is 22.4 Å². The molecule has 2 N–H and O–H groups in total. The fraction of sp³-hybridized carbons (Fsp3) is 0.571. The lowest BCUT2D eigenvalue weighted by Crippen LogP contribution is -2.55. The molecule has 0 aromatic carbocycles. The number of nitrogens with zero attached hydrogens (tertiary/aromatic N) is 1. The van der Waals surface area contributed by atoms with Gasteiger partial charge in [-0.25, -0.2) is 0 Å². The minimum Gasteiger partial charge on any atom is -0.379 e. The van der Waals surface area contributed by atoms with Crippen LogP contribution in [0.15, 0.2) is 23.3 Å². The van der Waals surface area contributed by atoms with Gasteiger partial charge in [-0.1, -0.05) is 0 Å². The number of aromatic nitrogens is 1. The Balaban J connectivity index is 1.95. The molecule has 0 aliphatic carbocycles. The monoisotopic (exact) mass is 279 g/mol. The maximum absolute atomic E-state index is 12.0. The molecule has 1 saturated heterocycles. The first-order chi connectivity index (χ1) is 9.50. The number of H-pyrrole nitrogens is 1. The highest BCUT2D eigenvalue weighted by atomic mass is 16.5. The van der Waals surface area contributed by atoms with Gasteiger partial charge in [-0.15, -0.1) is 0 Å². The summed E-state index contributed by atoms with van der Waals surface area (Å²) in [6.07, 6.45) is 2.94. The minimum atomic E-state index is -0.340. The van der Waals surface area contributed by atoms with Crippen molar-refractivity contribution < 1.29 is 9.53 Å². The van der Waals surface area contributed by atoms with Gasteiger partial charge in [0.25, 0.3) is 5.91 Å². The molecule has 1 aliphatic heterocycles. The van der Waals surface area contributed by atoms with Crippen LogP contribution in [-0.2, 0) is 4.74 Å². The zero-order chi connectivity index (χ0) is 14.6. The lowest BCUT2D eigenvalue weighted by Gasteiger charge is -2.40. The molecule has 0 bridgehead atoms. The third-order valence-corrected chi connectivity index (χ3v) is 3.62. The molecule has 0 spiro atoms. The fourth-order valence-corrected chi connectivity index (χ4v) is 2.27. The molecule has 0 atom stereocenters. The zero-order valence-electron chi connectivity index (χ0n) is 11.9. The van der Waals surface area contributed by atoms with E-state index in [1.165, 1.54) is 18.5 Å². The van der Waals surface area contributed by atoms with Crippen LogP contribution in [-0.4, -0.2) is 54.2 Å². The van der Waals surface area contributed by atoms with Crippen LogP contribution in [0.1, 0.15) is 24.2 Å². The van der Waals surface area contributed by atoms with Crippen molar-refractivity contribution in [3.05, 3.63) is 34.2 Å². The second-order valence-corrected chi connectivity index (χ2v) is 5.52. The number of ether oxygens (including phenoxy) is 1. The third-order valence-electron chi connectivity index (χ3n) is 3.62. The second-order valence-electron chi connectivity index (χ2n) is 5.52. The summed E-state index contributed by atoms with van der Waals surface area (Å²) >= 11 is 0. The van der Waals surface area contributed by atoms with Crippen LogP contribution in [0, 0.1) is 0 Å². The van der Waals surface area contributed by atoms with Gasteiger partial charge < -0.3 is 15.0 Å². The summed E-state index contributed by atoms with van der Waals surface area (Å²) in [7, 11) is 0. The molecule has 0 saturated carbocycles. The number of rotatable bonds is 4. The number of amides is 1. The van der Waals surface area contributed by atoms with Crippen LogP contribution in [0.5, 0.6) is 0 Å². The van der Waals surface area contributed by atoms with Crippen molar-refractivity contribution in [3.63, 3.8) is 0 Å². The molecule has 0 radical (unpaired) electrons. The van der Waals surface area contributed by atoms with Crippen LogP contribution in [0.2, 0.25) is 0 Å². The lowest BCUT2D eigenvalue weighted by atomic mass is 10.0. The SMILES string of the molecule is CC(C)(CNC(=O)c1c[nH]ccc1=O)N1CCOCC1. The van der Waals surface area contributed by atoms with Gasteiger partial charge in [0, 0.05) is 43.6 Å². The van der Waals surface area contributed by atoms with Gasteiger partial charge >= 0.3 is 0 Å².